The average molecular weight is 481 g/mol. The number of methoxy groups -OCH3 is 1. The van der Waals surface area contributed by atoms with Gasteiger partial charge in [0.15, 0.2) is 0 Å². The third-order valence-electron chi connectivity index (χ3n) is 4.88. The van der Waals surface area contributed by atoms with Crippen LogP contribution in [-0.4, -0.2) is 39.3 Å². The van der Waals surface area contributed by atoms with Gasteiger partial charge in [-0.3, -0.25) is 15.2 Å². The van der Waals surface area contributed by atoms with Gasteiger partial charge in [-0.15, -0.1) is 0 Å². The van der Waals surface area contributed by atoms with Crippen LogP contribution in [0.15, 0.2) is 45.6 Å². The van der Waals surface area contributed by atoms with Crippen molar-refractivity contribution in [2.75, 3.05) is 7.11 Å². The van der Waals surface area contributed by atoms with E-state index in [0.717, 1.165) is 5.56 Å². The minimum atomic E-state index is -0.788. The SMILES string of the molecule is COc1cc(C(=O)NNC(=O)NCc2ncc(-c3cccc(C)c3-c3noc(C)n3)cc2F)on1. The summed E-state index contributed by atoms with van der Waals surface area (Å²) >= 11 is 0. The zero-order valence-electron chi connectivity index (χ0n) is 18.9. The molecular formula is C22H20FN7O5. The summed E-state index contributed by atoms with van der Waals surface area (Å²) in [5.74, 6) is -0.640. The normalized spacial score (nSPS) is 10.6. The van der Waals surface area contributed by atoms with E-state index in [1.807, 2.05) is 25.1 Å². The van der Waals surface area contributed by atoms with Gasteiger partial charge in [-0.1, -0.05) is 23.4 Å². The Morgan fingerprint density at radius 2 is 1.94 bits per heavy atom. The molecule has 0 saturated heterocycles. The molecule has 0 bridgehead atoms. The summed E-state index contributed by atoms with van der Waals surface area (Å²) in [7, 11) is 1.36. The lowest BCUT2D eigenvalue weighted by molar-refractivity contribution is 0.0898. The number of aromatic nitrogens is 4. The molecule has 35 heavy (non-hydrogen) atoms. The number of hydrogen-bond acceptors (Lipinski definition) is 9. The molecule has 13 heteroatoms. The van der Waals surface area contributed by atoms with Crippen LogP contribution >= 0.6 is 0 Å². The standard InChI is InChI=1S/C22H20FN7O5/c1-11-5-4-6-14(19(11)20-26-12(2)34-30-20)13-7-15(23)16(24-9-13)10-25-22(32)28-27-21(31)17-8-18(33-3)29-35-17/h4-9H,10H2,1-3H3,(H,27,31)(H2,25,28,32). The number of nitrogens with zero attached hydrogens (tertiary/aromatic N) is 4. The molecule has 0 fully saturated rings. The topological polar surface area (TPSA) is 157 Å². The molecule has 3 aromatic heterocycles. The molecule has 1 aromatic carbocycles. The molecule has 3 heterocycles. The summed E-state index contributed by atoms with van der Waals surface area (Å²) in [4.78, 5) is 32.3. The predicted octanol–water partition coefficient (Wildman–Crippen LogP) is 2.70. The van der Waals surface area contributed by atoms with Gasteiger partial charge in [0.2, 0.25) is 17.5 Å². The number of ether oxygens (including phenoxy) is 1. The van der Waals surface area contributed by atoms with Crippen molar-refractivity contribution in [1.29, 1.82) is 0 Å². The molecule has 0 spiro atoms. The second-order valence-electron chi connectivity index (χ2n) is 7.28. The molecule has 3 N–H and O–H groups in total. The van der Waals surface area contributed by atoms with E-state index < -0.39 is 17.8 Å². The highest BCUT2D eigenvalue weighted by molar-refractivity contribution is 5.92. The molecule has 12 nitrogen and oxygen atoms in total. The van der Waals surface area contributed by atoms with Crippen molar-refractivity contribution in [3.05, 3.63) is 65.3 Å². The van der Waals surface area contributed by atoms with Crippen molar-refractivity contribution >= 4 is 11.9 Å². The summed E-state index contributed by atoms with van der Waals surface area (Å²) in [5.41, 5.74) is 7.02. The lowest BCUT2D eigenvalue weighted by atomic mass is 9.96. The monoisotopic (exact) mass is 481 g/mol. The van der Waals surface area contributed by atoms with Crippen LogP contribution in [0, 0.1) is 19.7 Å². The molecule has 0 saturated carbocycles. The van der Waals surface area contributed by atoms with Crippen molar-refractivity contribution in [3.8, 4) is 28.4 Å². The molecule has 0 radical (unpaired) electrons. The van der Waals surface area contributed by atoms with E-state index in [1.54, 1.807) is 6.92 Å². The fourth-order valence-corrected chi connectivity index (χ4v) is 3.20. The van der Waals surface area contributed by atoms with Crippen LogP contribution in [0.2, 0.25) is 0 Å². The first-order valence-corrected chi connectivity index (χ1v) is 10.3. The third kappa shape index (κ3) is 5.24. The van der Waals surface area contributed by atoms with Crippen molar-refractivity contribution in [1.82, 2.24) is 36.4 Å². The Balaban J connectivity index is 1.41. The number of halogens is 1. The van der Waals surface area contributed by atoms with Crippen LogP contribution in [0.3, 0.4) is 0 Å². The van der Waals surface area contributed by atoms with Gasteiger partial charge < -0.3 is 19.1 Å². The first-order valence-electron chi connectivity index (χ1n) is 10.3. The quantitative estimate of drug-likeness (QED) is 0.352. The van der Waals surface area contributed by atoms with Gasteiger partial charge in [-0.05, 0) is 29.3 Å². The number of benzene rings is 1. The van der Waals surface area contributed by atoms with Crippen molar-refractivity contribution in [2.45, 2.75) is 20.4 Å². The zero-order valence-corrected chi connectivity index (χ0v) is 18.9. The Bertz CT molecular complexity index is 1380. The number of hydrazine groups is 1. The lowest BCUT2D eigenvalue weighted by Crippen LogP contribution is -2.46. The first kappa shape index (κ1) is 23.4. The molecule has 180 valence electrons. The van der Waals surface area contributed by atoms with Gasteiger partial charge in [-0.25, -0.2) is 14.6 Å². The molecule has 0 aliphatic heterocycles. The van der Waals surface area contributed by atoms with Gasteiger partial charge in [0.05, 0.1) is 25.4 Å². The van der Waals surface area contributed by atoms with Crippen LogP contribution in [0.4, 0.5) is 9.18 Å². The molecule has 3 amide bonds. The lowest BCUT2D eigenvalue weighted by Gasteiger charge is -2.12. The number of carbonyl (C=O) groups excluding carboxylic acids is 2. The van der Waals surface area contributed by atoms with E-state index in [1.165, 1.54) is 25.4 Å². The van der Waals surface area contributed by atoms with Crippen LogP contribution in [-0.2, 0) is 6.54 Å². The largest absolute Gasteiger partial charge is 0.479 e. The van der Waals surface area contributed by atoms with E-state index in [9.17, 15) is 14.0 Å². The summed E-state index contributed by atoms with van der Waals surface area (Å²) in [5, 5.41) is 9.86. The highest BCUT2D eigenvalue weighted by Crippen LogP contribution is 2.33. The van der Waals surface area contributed by atoms with Gasteiger partial charge in [-0.2, -0.15) is 4.98 Å². The minimum Gasteiger partial charge on any atom is -0.479 e. The number of pyridine rings is 1. The number of rotatable bonds is 6. The highest BCUT2D eigenvalue weighted by Gasteiger charge is 2.18. The fourth-order valence-electron chi connectivity index (χ4n) is 3.20. The number of aryl methyl sites for hydroxylation is 2. The molecule has 0 aliphatic carbocycles. The maximum Gasteiger partial charge on any atom is 0.333 e. The van der Waals surface area contributed by atoms with Crippen molar-refractivity contribution in [2.24, 2.45) is 0 Å². The van der Waals surface area contributed by atoms with Crippen LogP contribution in [0.1, 0.15) is 27.7 Å². The smallest absolute Gasteiger partial charge is 0.333 e. The van der Waals surface area contributed by atoms with E-state index in [2.05, 4.69) is 36.4 Å². The Morgan fingerprint density at radius 1 is 1.11 bits per heavy atom. The fraction of sp³-hybridized carbons (Fsp3) is 0.182. The molecule has 0 unspecified atom stereocenters. The zero-order chi connectivity index (χ0) is 24.9. The van der Waals surface area contributed by atoms with Crippen LogP contribution < -0.4 is 20.9 Å². The van der Waals surface area contributed by atoms with Gasteiger partial charge in [0.1, 0.15) is 5.82 Å². The third-order valence-corrected chi connectivity index (χ3v) is 4.88. The molecule has 0 atom stereocenters. The molecule has 4 aromatic rings. The number of urea groups is 1. The van der Waals surface area contributed by atoms with E-state index in [4.69, 9.17) is 13.8 Å². The van der Waals surface area contributed by atoms with E-state index in [-0.39, 0.29) is 23.9 Å². The van der Waals surface area contributed by atoms with Crippen LogP contribution in [0.25, 0.3) is 22.5 Å². The Morgan fingerprint density at radius 3 is 2.63 bits per heavy atom. The average Bonchev–Trinajstić information content (AvgIpc) is 3.50. The number of amides is 3. The first-order chi connectivity index (χ1) is 16.9. The summed E-state index contributed by atoms with van der Waals surface area (Å²) < 4.78 is 29.5. The molecule has 0 aliphatic rings. The van der Waals surface area contributed by atoms with E-state index in [0.29, 0.717) is 28.4 Å². The van der Waals surface area contributed by atoms with E-state index >= 15 is 0 Å². The predicted molar refractivity (Wildman–Crippen MR) is 118 cm³/mol. The minimum absolute atomic E-state index is 0.000180. The second-order valence-corrected chi connectivity index (χ2v) is 7.28. The van der Waals surface area contributed by atoms with Gasteiger partial charge in [0, 0.05) is 24.2 Å². The maximum atomic E-state index is 14.8. The summed E-state index contributed by atoms with van der Waals surface area (Å²) in [6, 6.07) is 7.30. The van der Waals surface area contributed by atoms with Crippen molar-refractivity contribution in [3.63, 3.8) is 0 Å². The second kappa shape index (κ2) is 9.99. The highest BCUT2D eigenvalue weighted by atomic mass is 19.1. The number of nitrogens with one attached hydrogen (secondary N) is 3. The number of carbonyl (C=O) groups is 2. The maximum absolute atomic E-state index is 14.8. The van der Waals surface area contributed by atoms with Crippen molar-refractivity contribution < 1.29 is 27.8 Å². The summed E-state index contributed by atoms with van der Waals surface area (Å²) in [6.45, 7) is 3.35. The Labute approximate surface area is 197 Å². The van der Waals surface area contributed by atoms with Gasteiger partial charge in [0.25, 0.3) is 5.88 Å². The Kier molecular flexibility index (Phi) is 6.66. The van der Waals surface area contributed by atoms with Gasteiger partial charge >= 0.3 is 11.9 Å². The summed E-state index contributed by atoms with van der Waals surface area (Å²) in [6.07, 6.45) is 1.49. The number of hydrogen-bond donors (Lipinski definition) is 3. The molecule has 4 rings (SSSR count). The Hall–Kier alpha value is -4.81. The van der Waals surface area contributed by atoms with Crippen LogP contribution in [0.5, 0.6) is 5.88 Å². The molecular weight excluding hydrogens is 461 g/mol.